The van der Waals surface area contributed by atoms with Crippen molar-refractivity contribution in [1.29, 1.82) is 0 Å². The molecule has 1 atom stereocenters. The lowest BCUT2D eigenvalue weighted by molar-refractivity contribution is -0.115. The van der Waals surface area contributed by atoms with Gasteiger partial charge in [-0.2, -0.15) is 0 Å². The van der Waals surface area contributed by atoms with Crippen LogP contribution >= 0.6 is 0 Å². The van der Waals surface area contributed by atoms with Crippen LogP contribution in [0.1, 0.15) is 6.92 Å². The molecule has 1 amide bonds. The maximum Gasteiger partial charge on any atom is 0.242 e. The predicted octanol–water partition coefficient (Wildman–Crippen LogP) is 0.657. The smallest absolute Gasteiger partial charge is 0.242 e. The van der Waals surface area contributed by atoms with Gasteiger partial charge in [0.1, 0.15) is 5.25 Å². The van der Waals surface area contributed by atoms with Crippen LogP contribution in [0.3, 0.4) is 0 Å². The van der Waals surface area contributed by atoms with E-state index in [2.05, 4.69) is 5.32 Å². The molecular weight excluding hydrogens is 268 g/mol. The van der Waals surface area contributed by atoms with Gasteiger partial charge >= 0.3 is 0 Å². The number of amides is 1. The Hall–Kier alpha value is -1.60. The van der Waals surface area contributed by atoms with Crippen molar-refractivity contribution in [2.24, 2.45) is 0 Å². The average Bonchev–Trinajstić information content (AvgIpc) is 2.35. The highest BCUT2D eigenvalue weighted by Crippen LogP contribution is 2.13. The normalized spacial score (nSPS) is 12.9. The molecule has 0 radical (unpaired) electrons. The van der Waals surface area contributed by atoms with Gasteiger partial charge in [-0.15, -0.1) is 0 Å². The van der Waals surface area contributed by atoms with E-state index in [4.69, 9.17) is 10.5 Å². The lowest BCUT2D eigenvalue weighted by Gasteiger charge is -2.13. The summed E-state index contributed by atoms with van der Waals surface area (Å²) < 4.78 is 28.4. The molecule has 106 valence electrons. The quantitative estimate of drug-likeness (QED) is 0.748. The molecule has 0 aliphatic rings. The van der Waals surface area contributed by atoms with E-state index in [0.29, 0.717) is 11.4 Å². The fourth-order valence-corrected chi connectivity index (χ4v) is 2.54. The topological polar surface area (TPSA) is 98.5 Å². The van der Waals surface area contributed by atoms with E-state index in [0.717, 1.165) is 0 Å². The molecule has 0 saturated heterocycles. The molecule has 0 spiro atoms. The molecule has 0 aromatic heterocycles. The van der Waals surface area contributed by atoms with Gasteiger partial charge in [0.25, 0.3) is 0 Å². The van der Waals surface area contributed by atoms with Gasteiger partial charge in [0.15, 0.2) is 9.84 Å². The SMILES string of the molecule is COCCS(=O)(=O)C(C)C(=O)Nc1cccc(N)c1. The first-order chi connectivity index (χ1) is 8.86. The van der Waals surface area contributed by atoms with E-state index in [-0.39, 0.29) is 12.4 Å². The molecular formula is C12H18N2O4S. The maximum atomic E-state index is 11.9. The van der Waals surface area contributed by atoms with Crippen molar-refractivity contribution in [3.63, 3.8) is 0 Å². The molecule has 1 aromatic carbocycles. The second-order valence-electron chi connectivity index (χ2n) is 4.12. The highest BCUT2D eigenvalue weighted by atomic mass is 32.2. The Morgan fingerprint density at radius 3 is 2.74 bits per heavy atom. The van der Waals surface area contributed by atoms with Crippen molar-refractivity contribution < 1.29 is 17.9 Å². The summed E-state index contributed by atoms with van der Waals surface area (Å²) in [6.45, 7) is 1.42. The zero-order valence-electron chi connectivity index (χ0n) is 10.9. The van der Waals surface area contributed by atoms with Crippen molar-refractivity contribution in [2.45, 2.75) is 12.2 Å². The monoisotopic (exact) mass is 286 g/mol. The van der Waals surface area contributed by atoms with Gasteiger partial charge in [-0.05, 0) is 25.1 Å². The highest BCUT2D eigenvalue weighted by Gasteiger charge is 2.27. The third kappa shape index (κ3) is 4.53. The minimum absolute atomic E-state index is 0.0677. The summed E-state index contributed by atoms with van der Waals surface area (Å²) in [7, 11) is -2.11. The second-order valence-corrected chi connectivity index (χ2v) is 6.56. The Kier molecular flexibility index (Phi) is 5.31. The fourth-order valence-electron chi connectivity index (χ4n) is 1.40. The van der Waals surface area contributed by atoms with Crippen LogP contribution in [0, 0.1) is 0 Å². The van der Waals surface area contributed by atoms with E-state index in [1.54, 1.807) is 24.3 Å². The van der Waals surface area contributed by atoms with Crippen molar-refractivity contribution in [1.82, 2.24) is 0 Å². The molecule has 1 rings (SSSR count). The van der Waals surface area contributed by atoms with Crippen LogP contribution in [0.15, 0.2) is 24.3 Å². The van der Waals surface area contributed by atoms with Crippen molar-refractivity contribution >= 4 is 27.1 Å². The van der Waals surface area contributed by atoms with E-state index in [1.807, 2.05) is 0 Å². The van der Waals surface area contributed by atoms with Gasteiger partial charge < -0.3 is 15.8 Å². The molecule has 6 nitrogen and oxygen atoms in total. The number of carbonyl (C=O) groups excluding carboxylic acids is 1. The van der Waals surface area contributed by atoms with E-state index >= 15 is 0 Å². The van der Waals surface area contributed by atoms with Gasteiger partial charge in [0, 0.05) is 18.5 Å². The van der Waals surface area contributed by atoms with Gasteiger partial charge in [-0.3, -0.25) is 4.79 Å². The van der Waals surface area contributed by atoms with Crippen LogP contribution < -0.4 is 11.1 Å². The first-order valence-corrected chi connectivity index (χ1v) is 7.45. The van der Waals surface area contributed by atoms with Crippen LogP contribution in [-0.4, -0.2) is 39.0 Å². The summed E-state index contributed by atoms with van der Waals surface area (Å²) in [6, 6.07) is 6.55. The zero-order valence-corrected chi connectivity index (χ0v) is 11.7. The number of nitrogens with one attached hydrogen (secondary N) is 1. The number of nitrogens with two attached hydrogens (primary N) is 1. The number of sulfone groups is 1. The molecule has 0 fully saturated rings. The lowest BCUT2D eigenvalue weighted by atomic mass is 10.3. The Morgan fingerprint density at radius 1 is 1.47 bits per heavy atom. The van der Waals surface area contributed by atoms with Crippen LogP contribution in [0.4, 0.5) is 11.4 Å². The second kappa shape index (κ2) is 6.53. The predicted molar refractivity (Wildman–Crippen MR) is 74.6 cm³/mol. The van der Waals surface area contributed by atoms with Crippen LogP contribution in [0.2, 0.25) is 0 Å². The minimum atomic E-state index is -3.52. The van der Waals surface area contributed by atoms with Gasteiger partial charge in [-0.25, -0.2) is 8.42 Å². The third-order valence-corrected chi connectivity index (χ3v) is 4.66. The van der Waals surface area contributed by atoms with Crippen molar-refractivity contribution in [2.75, 3.05) is 30.5 Å². The molecule has 1 aromatic rings. The molecule has 1 unspecified atom stereocenters. The van der Waals surface area contributed by atoms with Crippen molar-refractivity contribution in [3.05, 3.63) is 24.3 Å². The number of methoxy groups -OCH3 is 1. The van der Waals surface area contributed by atoms with Crippen molar-refractivity contribution in [3.8, 4) is 0 Å². The molecule has 0 aliphatic heterocycles. The number of anilines is 2. The van der Waals surface area contributed by atoms with Gasteiger partial charge in [0.05, 0.1) is 12.4 Å². The number of benzene rings is 1. The Bertz CT molecular complexity index is 542. The standard InChI is InChI=1S/C12H18N2O4S/c1-9(19(16,17)7-6-18-2)12(15)14-11-5-3-4-10(13)8-11/h3-5,8-9H,6-7,13H2,1-2H3,(H,14,15). The number of hydrogen-bond donors (Lipinski definition) is 2. The lowest BCUT2D eigenvalue weighted by Crippen LogP contribution is -2.35. The van der Waals surface area contributed by atoms with Gasteiger partial charge in [-0.1, -0.05) is 6.07 Å². The summed E-state index contributed by atoms with van der Waals surface area (Å²) >= 11 is 0. The van der Waals surface area contributed by atoms with E-state index in [1.165, 1.54) is 14.0 Å². The molecule has 0 saturated carbocycles. The molecule has 0 aliphatic carbocycles. The number of rotatable bonds is 6. The summed E-state index contributed by atoms with van der Waals surface area (Å²) in [5, 5.41) is 1.39. The number of nitrogen functional groups attached to an aromatic ring is 1. The van der Waals surface area contributed by atoms with E-state index in [9.17, 15) is 13.2 Å². The van der Waals surface area contributed by atoms with Crippen LogP contribution in [0.25, 0.3) is 0 Å². The Labute approximate surface area is 112 Å². The number of carbonyl (C=O) groups is 1. The Balaban J connectivity index is 2.72. The maximum absolute atomic E-state index is 11.9. The Morgan fingerprint density at radius 2 is 2.16 bits per heavy atom. The average molecular weight is 286 g/mol. The summed E-state index contributed by atoms with van der Waals surface area (Å²) in [6.07, 6.45) is 0. The zero-order chi connectivity index (χ0) is 14.5. The molecule has 3 N–H and O–H groups in total. The summed E-state index contributed by atoms with van der Waals surface area (Å²) in [4.78, 5) is 11.9. The molecule has 0 heterocycles. The number of ether oxygens (including phenoxy) is 1. The summed E-state index contributed by atoms with van der Waals surface area (Å²) in [5.41, 5.74) is 6.54. The highest BCUT2D eigenvalue weighted by molar-refractivity contribution is 7.92. The molecule has 7 heteroatoms. The van der Waals surface area contributed by atoms with Crippen LogP contribution in [-0.2, 0) is 19.4 Å². The molecule has 19 heavy (non-hydrogen) atoms. The first kappa shape index (κ1) is 15.5. The third-order valence-electron chi connectivity index (χ3n) is 2.63. The largest absolute Gasteiger partial charge is 0.399 e. The molecule has 0 bridgehead atoms. The number of hydrogen-bond acceptors (Lipinski definition) is 5. The van der Waals surface area contributed by atoms with Crippen LogP contribution in [0.5, 0.6) is 0 Å². The van der Waals surface area contributed by atoms with Gasteiger partial charge in [0.2, 0.25) is 5.91 Å². The first-order valence-electron chi connectivity index (χ1n) is 5.73. The van der Waals surface area contributed by atoms with E-state index < -0.39 is 21.0 Å². The minimum Gasteiger partial charge on any atom is -0.399 e. The fraction of sp³-hybridized carbons (Fsp3) is 0.417. The summed E-state index contributed by atoms with van der Waals surface area (Å²) in [5.74, 6) is -0.767.